The highest BCUT2D eigenvalue weighted by Crippen LogP contribution is 2.28. The second-order valence-corrected chi connectivity index (χ2v) is 9.11. The van der Waals surface area contributed by atoms with E-state index in [4.69, 9.17) is 0 Å². The minimum atomic E-state index is 0.765. The van der Waals surface area contributed by atoms with Crippen molar-refractivity contribution in [2.24, 2.45) is 0 Å². The van der Waals surface area contributed by atoms with Gasteiger partial charge < -0.3 is 9.38 Å². The summed E-state index contributed by atoms with van der Waals surface area (Å²) in [5, 5.41) is 0. The number of likely N-dealkylation sites (N-methyl/N-ethyl adjacent to an activating group) is 1. The fourth-order valence-corrected chi connectivity index (χ4v) is 5.00. The Hall–Kier alpha value is -1.02. The summed E-state index contributed by atoms with van der Waals surface area (Å²) in [7, 11) is 2.49. The minimum Gasteiger partial charge on any atom is -0.363 e. The maximum absolute atomic E-state index is 2.78. The van der Waals surface area contributed by atoms with E-state index >= 15 is 0 Å². The molecule has 0 bridgehead atoms. The molecule has 2 aliphatic rings. The van der Waals surface area contributed by atoms with Crippen LogP contribution in [0.25, 0.3) is 0 Å². The zero-order chi connectivity index (χ0) is 18.2. The van der Waals surface area contributed by atoms with Gasteiger partial charge in [0.15, 0.2) is 0 Å². The predicted octanol–water partition coefficient (Wildman–Crippen LogP) is 5.80. The summed E-state index contributed by atoms with van der Waals surface area (Å²) in [4.78, 5) is 2.78. The molecule has 0 amide bonds. The molecule has 0 N–H and O–H groups in total. The van der Waals surface area contributed by atoms with Crippen molar-refractivity contribution in [2.45, 2.75) is 83.6 Å². The summed E-state index contributed by atoms with van der Waals surface area (Å²) in [6, 6.07) is 10.4. The fraction of sp³-hybridized carbons (Fsp3) is 0.750. The molecule has 2 nitrogen and oxygen atoms in total. The molecule has 2 heteroatoms. The van der Waals surface area contributed by atoms with Crippen molar-refractivity contribution < 1.29 is 4.48 Å². The van der Waals surface area contributed by atoms with Crippen molar-refractivity contribution >= 4 is 5.69 Å². The van der Waals surface area contributed by atoms with Crippen LogP contribution in [0.2, 0.25) is 0 Å². The Morgan fingerprint density at radius 2 is 1.58 bits per heavy atom. The van der Waals surface area contributed by atoms with E-state index in [0.29, 0.717) is 0 Å². The number of quaternary nitrogens is 1. The van der Waals surface area contributed by atoms with Crippen molar-refractivity contribution in [3.05, 3.63) is 29.8 Å². The lowest BCUT2D eigenvalue weighted by Crippen LogP contribution is -2.53. The molecule has 2 fully saturated rings. The monoisotopic (exact) mass is 357 g/mol. The molecule has 0 unspecified atom stereocenters. The third-order valence-electron chi connectivity index (χ3n) is 6.88. The third-order valence-corrected chi connectivity index (χ3v) is 6.88. The predicted molar refractivity (Wildman–Crippen MR) is 114 cm³/mol. The number of aryl methyl sites for hydroxylation is 1. The Morgan fingerprint density at radius 3 is 2.23 bits per heavy atom. The number of benzene rings is 1. The Bertz CT molecular complexity index is 510. The highest BCUT2D eigenvalue weighted by molar-refractivity contribution is 5.48. The van der Waals surface area contributed by atoms with Crippen LogP contribution in [0.5, 0.6) is 0 Å². The SMILES string of the molecule is CCCCc1ccc(N(CC[N+]2(C)CCCCC2)C2CCCCC2)cc1. The quantitative estimate of drug-likeness (QED) is 0.532. The van der Waals surface area contributed by atoms with E-state index in [2.05, 4.69) is 43.1 Å². The van der Waals surface area contributed by atoms with Gasteiger partial charge in [0, 0.05) is 11.7 Å². The second kappa shape index (κ2) is 9.78. The first-order valence-corrected chi connectivity index (χ1v) is 11.4. The molecular weight excluding hydrogens is 316 g/mol. The van der Waals surface area contributed by atoms with Crippen LogP contribution >= 0.6 is 0 Å². The van der Waals surface area contributed by atoms with Crippen LogP contribution in [0.1, 0.15) is 76.7 Å². The number of hydrogen-bond acceptors (Lipinski definition) is 1. The molecule has 26 heavy (non-hydrogen) atoms. The van der Waals surface area contributed by atoms with E-state index < -0.39 is 0 Å². The highest BCUT2D eigenvalue weighted by atomic mass is 15.3. The van der Waals surface area contributed by atoms with Gasteiger partial charge in [-0.15, -0.1) is 0 Å². The van der Waals surface area contributed by atoms with Crippen LogP contribution in [-0.2, 0) is 6.42 Å². The second-order valence-electron chi connectivity index (χ2n) is 9.11. The maximum Gasteiger partial charge on any atom is 0.0962 e. The van der Waals surface area contributed by atoms with Gasteiger partial charge in [0.1, 0.15) is 0 Å². The lowest BCUT2D eigenvalue weighted by molar-refractivity contribution is -0.912. The van der Waals surface area contributed by atoms with Crippen LogP contribution in [0.3, 0.4) is 0 Å². The van der Waals surface area contributed by atoms with E-state index in [-0.39, 0.29) is 0 Å². The van der Waals surface area contributed by atoms with Crippen LogP contribution in [0, 0.1) is 0 Å². The maximum atomic E-state index is 2.78. The van der Waals surface area contributed by atoms with Gasteiger partial charge in [0.25, 0.3) is 0 Å². The Kier molecular flexibility index (Phi) is 7.42. The largest absolute Gasteiger partial charge is 0.363 e. The molecule has 1 heterocycles. The average Bonchev–Trinajstić information content (AvgIpc) is 2.69. The van der Waals surface area contributed by atoms with Crippen LogP contribution in [0.15, 0.2) is 24.3 Å². The van der Waals surface area contributed by atoms with Gasteiger partial charge in [0.2, 0.25) is 0 Å². The molecule has 0 radical (unpaired) electrons. The van der Waals surface area contributed by atoms with E-state index in [9.17, 15) is 0 Å². The average molecular weight is 358 g/mol. The van der Waals surface area contributed by atoms with Gasteiger partial charge in [-0.1, -0.05) is 44.7 Å². The van der Waals surface area contributed by atoms with Gasteiger partial charge >= 0.3 is 0 Å². The van der Waals surface area contributed by atoms with Gasteiger partial charge in [-0.2, -0.15) is 0 Å². The van der Waals surface area contributed by atoms with Gasteiger partial charge in [0.05, 0.1) is 33.2 Å². The first kappa shape index (κ1) is 19.7. The Morgan fingerprint density at radius 1 is 0.923 bits per heavy atom. The summed E-state index contributed by atoms with van der Waals surface area (Å²) in [6.07, 6.45) is 15.2. The molecule has 3 rings (SSSR count). The number of anilines is 1. The summed E-state index contributed by atoms with van der Waals surface area (Å²) >= 11 is 0. The summed E-state index contributed by atoms with van der Waals surface area (Å²) < 4.78 is 1.29. The first-order chi connectivity index (χ1) is 12.7. The highest BCUT2D eigenvalue weighted by Gasteiger charge is 2.28. The zero-order valence-corrected chi connectivity index (χ0v) is 17.4. The summed E-state index contributed by atoms with van der Waals surface area (Å²) in [5.41, 5.74) is 2.98. The number of piperidine rings is 1. The molecular formula is C24H41N2+. The number of unbranched alkanes of at least 4 members (excludes halogenated alkanes) is 1. The van der Waals surface area contributed by atoms with Crippen molar-refractivity contribution in [2.75, 3.05) is 38.1 Å². The van der Waals surface area contributed by atoms with Crippen LogP contribution in [0.4, 0.5) is 5.69 Å². The standard InChI is InChI=1S/C24H41N2/c1-3-4-11-22-14-16-24(17-15-22)25(23-12-7-5-8-13-23)18-21-26(2)19-9-6-10-20-26/h14-17,23H,3-13,18-21H2,1-2H3/q+1. The van der Waals surface area contributed by atoms with E-state index in [0.717, 1.165) is 6.04 Å². The Balaban J connectivity index is 1.68. The molecule has 0 spiro atoms. The number of hydrogen-bond donors (Lipinski definition) is 0. The fourth-order valence-electron chi connectivity index (χ4n) is 5.00. The molecule has 0 atom stereocenters. The van der Waals surface area contributed by atoms with Crippen molar-refractivity contribution in [1.29, 1.82) is 0 Å². The van der Waals surface area contributed by atoms with Crippen molar-refractivity contribution in [3.63, 3.8) is 0 Å². The molecule has 146 valence electrons. The molecule has 1 aliphatic heterocycles. The number of nitrogens with zero attached hydrogens (tertiary/aromatic N) is 2. The van der Waals surface area contributed by atoms with Gasteiger partial charge in [-0.3, -0.25) is 0 Å². The lowest BCUT2D eigenvalue weighted by Gasteiger charge is -2.42. The van der Waals surface area contributed by atoms with E-state index in [1.165, 1.54) is 113 Å². The molecule has 1 saturated heterocycles. The smallest absolute Gasteiger partial charge is 0.0962 e. The van der Waals surface area contributed by atoms with E-state index in [1.807, 2.05) is 0 Å². The minimum absolute atomic E-state index is 0.765. The van der Waals surface area contributed by atoms with Gasteiger partial charge in [-0.25, -0.2) is 0 Å². The van der Waals surface area contributed by atoms with Crippen LogP contribution in [-0.4, -0.2) is 43.8 Å². The van der Waals surface area contributed by atoms with Crippen LogP contribution < -0.4 is 4.90 Å². The first-order valence-electron chi connectivity index (χ1n) is 11.4. The third kappa shape index (κ3) is 5.49. The molecule has 0 aromatic heterocycles. The topological polar surface area (TPSA) is 3.24 Å². The Labute approximate surface area is 162 Å². The molecule has 1 aliphatic carbocycles. The molecule has 1 aromatic carbocycles. The van der Waals surface area contributed by atoms with Crippen molar-refractivity contribution in [3.8, 4) is 0 Å². The summed E-state index contributed by atoms with van der Waals surface area (Å²) in [5.74, 6) is 0. The summed E-state index contributed by atoms with van der Waals surface area (Å²) in [6.45, 7) is 7.59. The lowest BCUT2D eigenvalue weighted by atomic mass is 9.93. The zero-order valence-electron chi connectivity index (χ0n) is 17.4. The number of likely N-dealkylation sites (tertiary alicyclic amines) is 1. The van der Waals surface area contributed by atoms with E-state index in [1.54, 1.807) is 0 Å². The molecule has 1 saturated carbocycles. The van der Waals surface area contributed by atoms with Gasteiger partial charge in [-0.05, 0) is 62.6 Å². The normalized spacial score (nSPS) is 20.8. The molecule has 1 aromatic rings. The van der Waals surface area contributed by atoms with Crippen molar-refractivity contribution in [1.82, 2.24) is 0 Å². The number of rotatable bonds is 8.